The van der Waals surface area contributed by atoms with Gasteiger partial charge in [-0.05, 0) is 42.7 Å². The van der Waals surface area contributed by atoms with Crippen molar-refractivity contribution in [3.63, 3.8) is 0 Å². The monoisotopic (exact) mass is 593 g/mol. The van der Waals surface area contributed by atoms with E-state index in [1.165, 1.54) is 35.6 Å². The number of hydrogen-bond donors (Lipinski definition) is 3. The third-order valence-electron chi connectivity index (χ3n) is 6.43. The molecule has 1 amide bonds. The Balaban J connectivity index is 1.36. The van der Waals surface area contributed by atoms with Gasteiger partial charge in [0.05, 0.1) is 28.2 Å². The van der Waals surface area contributed by atoms with Gasteiger partial charge in [0.15, 0.2) is 10.1 Å². The molecule has 14 heteroatoms. The number of nitrogens with two attached hydrogens (primary N) is 2. The summed E-state index contributed by atoms with van der Waals surface area (Å²) >= 11 is 2.36. The fraction of sp³-hybridized carbons (Fsp3) is 0.192. The number of sulfonamides is 1. The number of thioether (sulfide) groups is 1. The van der Waals surface area contributed by atoms with E-state index in [1.807, 2.05) is 30.3 Å². The van der Waals surface area contributed by atoms with Gasteiger partial charge in [0.25, 0.3) is 0 Å². The smallest absolute Gasteiger partial charge is 0.238 e. The van der Waals surface area contributed by atoms with Crippen molar-refractivity contribution in [2.75, 3.05) is 16.0 Å². The zero-order valence-corrected chi connectivity index (χ0v) is 23.4. The maximum atomic E-state index is 13.2. The first-order chi connectivity index (χ1) is 19.2. The van der Waals surface area contributed by atoms with E-state index in [4.69, 9.17) is 10.9 Å². The van der Waals surface area contributed by atoms with Crippen LogP contribution in [0.2, 0.25) is 0 Å². The number of Topliss-reactive ketones (excluding diaryl/α,β-unsaturated/α-hetero) is 1. The Morgan fingerprint density at radius 3 is 2.55 bits per heavy atom. The molecule has 1 aliphatic carbocycles. The number of carbonyl (C=O) groups is 2. The van der Waals surface area contributed by atoms with Crippen LogP contribution in [0.3, 0.4) is 0 Å². The summed E-state index contributed by atoms with van der Waals surface area (Å²) in [5.74, 6) is -0.674. The van der Waals surface area contributed by atoms with Crippen LogP contribution < -0.4 is 21.1 Å². The van der Waals surface area contributed by atoms with Crippen molar-refractivity contribution in [2.24, 2.45) is 10.9 Å². The lowest BCUT2D eigenvalue weighted by Crippen LogP contribution is -2.38. The quantitative estimate of drug-likeness (QED) is 0.344. The minimum absolute atomic E-state index is 0.0167. The highest BCUT2D eigenvalue weighted by atomic mass is 32.2. The molecule has 3 aromatic rings. The molecule has 0 saturated carbocycles. The summed E-state index contributed by atoms with van der Waals surface area (Å²) in [5, 5.41) is 26.7. The van der Waals surface area contributed by atoms with Crippen LogP contribution in [0.5, 0.6) is 0 Å². The summed E-state index contributed by atoms with van der Waals surface area (Å²) < 4.78 is 23.3. The highest BCUT2D eigenvalue weighted by molar-refractivity contribution is 8.01. The van der Waals surface area contributed by atoms with Gasteiger partial charge in [-0.25, -0.2) is 13.6 Å². The normalized spacial score (nSPS) is 17.4. The standard InChI is InChI=1S/C26H23N7O4S3/c27-13-18-22(15-5-2-1-3-6-15)23-19(7-4-8-20(23)34)33(24(18)28)25-31-32-26(39-25)38-14-21(35)30-16-9-11-17(12-10-16)40(29,36)37/h1-3,5-6,9-12,22H,4,7-8,14,28H2,(H,30,35)(H2,29,36,37). The van der Waals surface area contributed by atoms with Crippen molar-refractivity contribution < 1.29 is 18.0 Å². The van der Waals surface area contributed by atoms with Crippen LogP contribution in [-0.4, -0.2) is 36.1 Å². The van der Waals surface area contributed by atoms with Gasteiger partial charge in [-0.2, -0.15) is 5.26 Å². The molecule has 0 spiro atoms. The van der Waals surface area contributed by atoms with Crippen LogP contribution in [-0.2, 0) is 19.6 Å². The Morgan fingerprint density at radius 1 is 1.15 bits per heavy atom. The van der Waals surface area contributed by atoms with E-state index in [0.29, 0.717) is 40.0 Å². The maximum absolute atomic E-state index is 13.2. The van der Waals surface area contributed by atoms with E-state index in [0.717, 1.165) is 23.0 Å². The number of amides is 1. The largest absolute Gasteiger partial charge is 0.384 e. The fourth-order valence-corrected chi connectivity index (χ4v) is 6.88. The van der Waals surface area contributed by atoms with Gasteiger partial charge >= 0.3 is 0 Å². The average molecular weight is 594 g/mol. The second-order valence-corrected chi connectivity index (χ2v) is 12.7. The number of rotatable bonds is 7. The number of nitriles is 1. The van der Waals surface area contributed by atoms with E-state index in [-0.39, 0.29) is 33.7 Å². The second-order valence-electron chi connectivity index (χ2n) is 8.98. The first kappa shape index (κ1) is 27.5. The van der Waals surface area contributed by atoms with Gasteiger partial charge in [0, 0.05) is 23.4 Å². The molecule has 2 aliphatic rings. The van der Waals surface area contributed by atoms with Crippen LogP contribution in [0.25, 0.3) is 0 Å². The number of ketones is 1. The molecular formula is C26H23N7O4S3. The van der Waals surface area contributed by atoms with E-state index >= 15 is 0 Å². The summed E-state index contributed by atoms with van der Waals surface area (Å²) in [5.41, 5.74) is 9.35. The van der Waals surface area contributed by atoms with Crippen molar-refractivity contribution in [1.82, 2.24) is 10.2 Å². The van der Waals surface area contributed by atoms with Crippen molar-refractivity contribution in [1.29, 1.82) is 5.26 Å². The van der Waals surface area contributed by atoms with Crippen molar-refractivity contribution in [2.45, 2.75) is 34.4 Å². The molecule has 0 bridgehead atoms. The number of nitrogens with one attached hydrogen (secondary N) is 1. The zero-order valence-electron chi connectivity index (χ0n) is 20.9. The minimum Gasteiger partial charge on any atom is -0.384 e. The molecule has 0 radical (unpaired) electrons. The molecule has 5 N–H and O–H groups in total. The highest BCUT2D eigenvalue weighted by Gasteiger charge is 2.41. The van der Waals surface area contributed by atoms with Crippen LogP contribution in [0, 0.1) is 11.3 Å². The second kappa shape index (κ2) is 11.2. The van der Waals surface area contributed by atoms with Crippen LogP contribution in [0.1, 0.15) is 30.7 Å². The molecule has 2 heterocycles. The van der Waals surface area contributed by atoms with Crippen LogP contribution in [0.15, 0.2) is 86.5 Å². The lowest BCUT2D eigenvalue weighted by molar-refractivity contribution is -0.116. The molecule has 1 atom stereocenters. The number of carbonyl (C=O) groups excluding carboxylic acids is 2. The summed E-state index contributed by atoms with van der Waals surface area (Å²) in [7, 11) is -3.82. The molecule has 11 nitrogen and oxygen atoms in total. The Morgan fingerprint density at radius 2 is 1.88 bits per heavy atom. The average Bonchev–Trinajstić information content (AvgIpc) is 3.40. The lowest BCUT2D eigenvalue weighted by Gasteiger charge is -2.38. The van der Waals surface area contributed by atoms with Gasteiger partial charge in [0.1, 0.15) is 5.82 Å². The summed E-state index contributed by atoms with van der Waals surface area (Å²) in [4.78, 5) is 27.2. The Kier molecular flexibility index (Phi) is 7.72. The Labute approximate surface area is 238 Å². The predicted octanol–water partition coefficient (Wildman–Crippen LogP) is 3.22. The van der Waals surface area contributed by atoms with Crippen LogP contribution >= 0.6 is 23.1 Å². The molecule has 40 heavy (non-hydrogen) atoms. The number of aromatic nitrogens is 2. The van der Waals surface area contributed by atoms with Crippen molar-refractivity contribution in [3.05, 3.63) is 82.8 Å². The first-order valence-corrected chi connectivity index (χ1v) is 15.4. The summed E-state index contributed by atoms with van der Waals surface area (Å²) in [6.45, 7) is 0. The highest BCUT2D eigenvalue weighted by Crippen LogP contribution is 2.47. The first-order valence-electron chi connectivity index (χ1n) is 12.1. The van der Waals surface area contributed by atoms with Gasteiger partial charge in [0.2, 0.25) is 21.1 Å². The van der Waals surface area contributed by atoms with Gasteiger partial charge in [-0.15, -0.1) is 10.2 Å². The molecular weight excluding hydrogens is 571 g/mol. The molecule has 204 valence electrons. The number of nitrogens with zero attached hydrogens (tertiary/aromatic N) is 4. The predicted molar refractivity (Wildman–Crippen MR) is 151 cm³/mol. The fourth-order valence-electron chi connectivity index (χ4n) is 4.69. The molecule has 5 rings (SSSR count). The van der Waals surface area contributed by atoms with E-state index in [1.54, 1.807) is 4.90 Å². The Bertz CT molecular complexity index is 1690. The van der Waals surface area contributed by atoms with E-state index < -0.39 is 15.9 Å². The minimum atomic E-state index is -3.82. The number of allylic oxidation sites excluding steroid dienone is 3. The van der Waals surface area contributed by atoms with E-state index in [9.17, 15) is 23.3 Å². The molecule has 1 unspecified atom stereocenters. The lowest BCUT2D eigenvalue weighted by atomic mass is 9.76. The molecule has 1 aliphatic heterocycles. The SMILES string of the molecule is N#CC1=C(N)N(c2nnc(SCC(=O)Nc3ccc(S(N)(=O)=O)cc3)s2)C2=C(C(=O)CCC2)C1c1ccccc1. The molecule has 1 aromatic heterocycles. The topological polar surface area (TPSA) is 185 Å². The Hall–Kier alpha value is -4.03. The van der Waals surface area contributed by atoms with Gasteiger partial charge < -0.3 is 11.1 Å². The summed E-state index contributed by atoms with van der Waals surface area (Å²) in [6, 6.07) is 17.1. The summed E-state index contributed by atoms with van der Waals surface area (Å²) in [6.07, 6.45) is 1.65. The van der Waals surface area contributed by atoms with Gasteiger partial charge in [-0.3, -0.25) is 14.5 Å². The molecule has 2 aromatic carbocycles. The number of anilines is 2. The van der Waals surface area contributed by atoms with Crippen molar-refractivity contribution >= 4 is 55.6 Å². The third-order valence-corrected chi connectivity index (χ3v) is 9.40. The zero-order chi connectivity index (χ0) is 28.4. The maximum Gasteiger partial charge on any atom is 0.238 e. The molecule has 0 saturated heterocycles. The number of benzene rings is 2. The van der Waals surface area contributed by atoms with Gasteiger partial charge in [-0.1, -0.05) is 53.4 Å². The number of primary sulfonamides is 1. The van der Waals surface area contributed by atoms with Crippen LogP contribution in [0.4, 0.5) is 10.8 Å². The molecule has 0 fully saturated rings. The third kappa shape index (κ3) is 5.50. The number of hydrogen-bond acceptors (Lipinski definition) is 11. The van der Waals surface area contributed by atoms with Crippen molar-refractivity contribution in [3.8, 4) is 6.07 Å². The van der Waals surface area contributed by atoms with E-state index in [2.05, 4.69) is 21.6 Å².